The first-order valence-electron chi connectivity index (χ1n) is 4.34. The van der Waals surface area contributed by atoms with Crippen LogP contribution in [-0.4, -0.2) is 16.6 Å². The molecule has 0 spiro atoms. The van der Waals surface area contributed by atoms with Crippen LogP contribution in [0.1, 0.15) is 31.3 Å². The standard InChI is InChI=1S/C10H11Cl2NO2/c1-10(2,3)15-9(14)8-4-6(11)7(12)5-13-8/h4-5H,1-3H3. The minimum absolute atomic E-state index is 0.152. The molecule has 0 aromatic carbocycles. The number of halogens is 2. The Hall–Kier alpha value is -0.800. The summed E-state index contributed by atoms with van der Waals surface area (Å²) in [5.41, 5.74) is -0.399. The van der Waals surface area contributed by atoms with Crippen molar-refractivity contribution in [2.24, 2.45) is 0 Å². The van der Waals surface area contributed by atoms with Gasteiger partial charge in [0.1, 0.15) is 11.3 Å². The van der Waals surface area contributed by atoms with E-state index in [1.807, 2.05) is 0 Å². The second-order valence-electron chi connectivity index (χ2n) is 3.99. The fraction of sp³-hybridized carbons (Fsp3) is 0.400. The van der Waals surface area contributed by atoms with Crippen LogP contribution in [0.2, 0.25) is 10.0 Å². The van der Waals surface area contributed by atoms with E-state index in [9.17, 15) is 4.79 Å². The fourth-order valence-electron chi connectivity index (χ4n) is 0.856. The van der Waals surface area contributed by atoms with Crippen LogP contribution in [0, 0.1) is 0 Å². The van der Waals surface area contributed by atoms with Crippen LogP contribution in [0.15, 0.2) is 12.3 Å². The Balaban J connectivity index is 2.88. The molecule has 3 nitrogen and oxygen atoms in total. The number of hydrogen-bond acceptors (Lipinski definition) is 3. The van der Waals surface area contributed by atoms with E-state index in [0.717, 1.165) is 0 Å². The van der Waals surface area contributed by atoms with E-state index in [2.05, 4.69) is 4.98 Å². The smallest absolute Gasteiger partial charge is 0.357 e. The van der Waals surface area contributed by atoms with Crippen molar-refractivity contribution in [3.63, 3.8) is 0 Å². The molecule has 1 aromatic rings. The van der Waals surface area contributed by atoms with Gasteiger partial charge in [-0.2, -0.15) is 0 Å². The summed E-state index contributed by atoms with van der Waals surface area (Å²) in [5.74, 6) is -0.513. The zero-order valence-corrected chi connectivity index (χ0v) is 10.2. The number of nitrogens with zero attached hydrogens (tertiary/aromatic N) is 1. The topological polar surface area (TPSA) is 39.2 Å². The van der Waals surface area contributed by atoms with Gasteiger partial charge in [0.2, 0.25) is 0 Å². The number of carbonyl (C=O) groups excluding carboxylic acids is 1. The third kappa shape index (κ3) is 3.68. The summed E-state index contributed by atoms with van der Waals surface area (Å²) >= 11 is 11.4. The lowest BCUT2D eigenvalue weighted by atomic mass is 10.2. The van der Waals surface area contributed by atoms with Crippen LogP contribution < -0.4 is 0 Å². The molecule has 0 aliphatic heterocycles. The number of esters is 1. The Labute approximate surface area is 98.4 Å². The van der Waals surface area contributed by atoms with E-state index in [-0.39, 0.29) is 10.7 Å². The van der Waals surface area contributed by atoms with Crippen molar-refractivity contribution in [2.45, 2.75) is 26.4 Å². The number of pyridine rings is 1. The van der Waals surface area contributed by atoms with E-state index in [0.29, 0.717) is 5.02 Å². The molecule has 0 radical (unpaired) electrons. The zero-order chi connectivity index (χ0) is 11.6. The SMILES string of the molecule is CC(C)(C)OC(=O)c1cc(Cl)c(Cl)cn1. The minimum Gasteiger partial charge on any atom is -0.455 e. The number of hydrogen-bond donors (Lipinski definition) is 0. The summed E-state index contributed by atoms with van der Waals surface area (Å²) in [6.45, 7) is 5.34. The minimum atomic E-state index is -0.551. The van der Waals surface area contributed by atoms with Gasteiger partial charge in [0.05, 0.1) is 10.0 Å². The highest BCUT2D eigenvalue weighted by Gasteiger charge is 2.19. The van der Waals surface area contributed by atoms with Gasteiger partial charge in [-0.15, -0.1) is 0 Å². The van der Waals surface area contributed by atoms with Crippen LogP contribution in [0.4, 0.5) is 0 Å². The predicted octanol–water partition coefficient (Wildman–Crippen LogP) is 3.34. The van der Waals surface area contributed by atoms with E-state index in [1.165, 1.54) is 12.3 Å². The number of aromatic nitrogens is 1. The Morgan fingerprint density at radius 3 is 2.40 bits per heavy atom. The van der Waals surface area contributed by atoms with Gasteiger partial charge in [-0.3, -0.25) is 0 Å². The third-order valence-corrected chi connectivity index (χ3v) is 2.13. The van der Waals surface area contributed by atoms with Gasteiger partial charge in [0.15, 0.2) is 0 Å². The second kappa shape index (κ2) is 4.37. The first-order valence-corrected chi connectivity index (χ1v) is 5.09. The Morgan fingerprint density at radius 2 is 1.93 bits per heavy atom. The molecule has 0 aliphatic rings. The molecule has 0 atom stereocenters. The van der Waals surface area contributed by atoms with Crippen LogP contribution in [0.3, 0.4) is 0 Å². The van der Waals surface area contributed by atoms with Gasteiger partial charge in [-0.25, -0.2) is 9.78 Å². The summed E-state index contributed by atoms with van der Waals surface area (Å²) in [6, 6.07) is 1.39. The Bertz CT molecular complexity index is 385. The molecular weight excluding hydrogens is 237 g/mol. The maximum atomic E-state index is 11.5. The maximum Gasteiger partial charge on any atom is 0.357 e. The van der Waals surface area contributed by atoms with Crippen molar-refractivity contribution in [1.82, 2.24) is 4.98 Å². The number of ether oxygens (including phenoxy) is 1. The molecule has 5 heteroatoms. The van der Waals surface area contributed by atoms with E-state index in [4.69, 9.17) is 27.9 Å². The summed E-state index contributed by atoms with van der Waals surface area (Å²) in [5, 5.41) is 0.594. The molecule has 82 valence electrons. The molecule has 0 unspecified atom stereocenters. The largest absolute Gasteiger partial charge is 0.455 e. The van der Waals surface area contributed by atoms with E-state index >= 15 is 0 Å². The second-order valence-corrected chi connectivity index (χ2v) is 4.80. The van der Waals surface area contributed by atoms with Crippen molar-refractivity contribution in [3.8, 4) is 0 Å². The molecule has 0 fully saturated rings. The quantitative estimate of drug-likeness (QED) is 0.715. The van der Waals surface area contributed by atoms with Crippen molar-refractivity contribution in [1.29, 1.82) is 0 Å². The lowest BCUT2D eigenvalue weighted by Gasteiger charge is -2.19. The van der Waals surface area contributed by atoms with Crippen LogP contribution in [0.5, 0.6) is 0 Å². The van der Waals surface area contributed by atoms with Gasteiger partial charge in [-0.05, 0) is 26.8 Å². The maximum absolute atomic E-state index is 11.5. The zero-order valence-electron chi connectivity index (χ0n) is 8.67. The summed E-state index contributed by atoms with van der Waals surface area (Å²) in [6.07, 6.45) is 1.32. The van der Waals surface area contributed by atoms with E-state index < -0.39 is 11.6 Å². The van der Waals surface area contributed by atoms with Crippen molar-refractivity contribution in [3.05, 3.63) is 28.0 Å². The van der Waals surface area contributed by atoms with E-state index in [1.54, 1.807) is 20.8 Å². The molecule has 0 bridgehead atoms. The molecule has 1 rings (SSSR count). The Kier molecular flexibility index (Phi) is 3.58. The molecule has 0 saturated carbocycles. The molecule has 0 saturated heterocycles. The molecule has 1 aromatic heterocycles. The monoisotopic (exact) mass is 247 g/mol. The van der Waals surface area contributed by atoms with Gasteiger partial charge >= 0.3 is 5.97 Å². The van der Waals surface area contributed by atoms with Crippen LogP contribution in [-0.2, 0) is 4.74 Å². The van der Waals surface area contributed by atoms with Gasteiger partial charge < -0.3 is 4.74 Å². The van der Waals surface area contributed by atoms with Crippen molar-refractivity contribution < 1.29 is 9.53 Å². The molecule has 0 aliphatic carbocycles. The highest BCUT2D eigenvalue weighted by atomic mass is 35.5. The van der Waals surface area contributed by atoms with Gasteiger partial charge in [0, 0.05) is 6.20 Å². The summed E-state index contributed by atoms with van der Waals surface area (Å²) in [7, 11) is 0. The molecule has 1 heterocycles. The summed E-state index contributed by atoms with van der Waals surface area (Å²) in [4.78, 5) is 15.4. The Morgan fingerprint density at radius 1 is 1.33 bits per heavy atom. The molecule has 0 N–H and O–H groups in total. The first kappa shape index (κ1) is 12.3. The van der Waals surface area contributed by atoms with Gasteiger partial charge in [-0.1, -0.05) is 23.2 Å². The van der Waals surface area contributed by atoms with Crippen molar-refractivity contribution >= 4 is 29.2 Å². The average molecular weight is 248 g/mol. The highest BCUT2D eigenvalue weighted by molar-refractivity contribution is 6.42. The molecule has 0 amide bonds. The lowest BCUT2D eigenvalue weighted by molar-refractivity contribution is 0.00629. The van der Waals surface area contributed by atoms with Crippen LogP contribution in [0.25, 0.3) is 0 Å². The number of carbonyl (C=O) groups is 1. The lowest BCUT2D eigenvalue weighted by Crippen LogP contribution is -2.24. The predicted molar refractivity (Wildman–Crippen MR) is 59.4 cm³/mol. The van der Waals surface area contributed by atoms with Crippen LogP contribution >= 0.6 is 23.2 Å². The third-order valence-electron chi connectivity index (χ3n) is 1.42. The first-order chi connectivity index (χ1) is 6.79. The molecule has 15 heavy (non-hydrogen) atoms. The normalized spacial score (nSPS) is 11.3. The highest BCUT2D eigenvalue weighted by Crippen LogP contribution is 2.21. The average Bonchev–Trinajstić information content (AvgIpc) is 2.06. The number of rotatable bonds is 1. The van der Waals surface area contributed by atoms with Crippen molar-refractivity contribution in [2.75, 3.05) is 0 Å². The fourth-order valence-corrected chi connectivity index (χ4v) is 1.11. The summed E-state index contributed by atoms with van der Waals surface area (Å²) < 4.78 is 5.12. The molecular formula is C10H11Cl2NO2. The van der Waals surface area contributed by atoms with Gasteiger partial charge in [0.25, 0.3) is 0 Å².